The van der Waals surface area contributed by atoms with Crippen LogP contribution in [0.4, 0.5) is 0 Å². The van der Waals surface area contributed by atoms with Crippen molar-refractivity contribution in [1.29, 1.82) is 0 Å². The lowest BCUT2D eigenvalue weighted by Gasteiger charge is -2.29. The summed E-state index contributed by atoms with van der Waals surface area (Å²) in [6.07, 6.45) is 2.08. The van der Waals surface area contributed by atoms with Crippen LogP contribution in [0, 0.1) is 0 Å². The van der Waals surface area contributed by atoms with Crippen molar-refractivity contribution in [3.63, 3.8) is 0 Å². The van der Waals surface area contributed by atoms with E-state index in [4.69, 9.17) is 5.73 Å². The molecule has 2 aliphatic heterocycles. The summed E-state index contributed by atoms with van der Waals surface area (Å²) in [6, 6.07) is 4.91. The van der Waals surface area contributed by atoms with Gasteiger partial charge < -0.3 is 11.1 Å². The number of hydrogen-bond donors (Lipinski definition) is 2. The fraction of sp³-hybridized carbons (Fsp3) is 0.500. The summed E-state index contributed by atoms with van der Waals surface area (Å²) in [5.41, 5.74) is 7.18. The number of benzene rings is 1. The van der Waals surface area contributed by atoms with E-state index in [2.05, 4.69) is 5.32 Å². The van der Waals surface area contributed by atoms with Crippen molar-refractivity contribution in [2.24, 2.45) is 5.73 Å². The molecule has 2 aliphatic rings. The SMILES string of the molecule is Cl.NC1CCN(S(=O)(=O)c2ccc3c(c2)C(=O)NCC3)CC1. The summed E-state index contributed by atoms with van der Waals surface area (Å²) in [6.45, 7) is 1.47. The molecule has 0 atom stereocenters. The predicted molar refractivity (Wildman–Crippen MR) is 85.7 cm³/mol. The van der Waals surface area contributed by atoms with Crippen LogP contribution in [0.2, 0.25) is 0 Å². The lowest BCUT2D eigenvalue weighted by Crippen LogP contribution is -2.42. The highest BCUT2D eigenvalue weighted by atomic mass is 35.5. The van der Waals surface area contributed by atoms with Gasteiger partial charge in [-0.1, -0.05) is 6.07 Å². The monoisotopic (exact) mass is 345 g/mol. The van der Waals surface area contributed by atoms with Crippen molar-refractivity contribution in [3.05, 3.63) is 29.3 Å². The van der Waals surface area contributed by atoms with Gasteiger partial charge in [0.15, 0.2) is 0 Å². The summed E-state index contributed by atoms with van der Waals surface area (Å²) in [4.78, 5) is 12.0. The first kappa shape index (κ1) is 17.2. The minimum absolute atomic E-state index is 0. The Labute approximate surface area is 136 Å². The Balaban J connectivity index is 0.00000176. The quantitative estimate of drug-likeness (QED) is 0.816. The molecule has 1 aromatic carbocycles. The van der Waals surface area contributed by atoms with Crippen LogP contribution in [0.5, 0.6) is 0 Å². The minimum atomic E-state index is -3.54. The lowest BCUT2D eigenvalue weighted by atomic mass is 10.0. The normalized spacial score (nSPS) is 20.0. The third-order valence-electron chi connectivity index (χ3n) is 4.14. The molecule has 2 heterocycles. The van der Waals surface area contributed by atoms with E-state index in [-0.39, 0.29) is 29.3 Å². The third kappa shape index (κ3) is 3.12. The number of fused-ring (bicyclic) bond motifs is 1. The number of nitrogens with zero attached hydrogens (tertiary/aromatic N) is 1. The Morgan fingerprint density at radius 3 is 2.59 bits per heavy atom. The average molecular weight is 346 g/mol. The van der Waals surface area contributed by atoms with Crippen LogP contribution in [0.3, 0.4) is 0 Å². The van der Waals surface area contributed by atoms with Crippen molar-refractivity contribution in [2.75, 3.05) is 19.6 Å². The van der Waals surface area contributed by atoms with Gasteiger partial charge in [0.2, 0.25) is 10.0 Å². The molecule has 0 spiro atoms. The van der Waals surface area contributed by atoms with Crippen LogP contribution in [0.15, 0.2) is 23.1 Å². The maximum absolute atomic E-state index is 12.6. The minimum Gasteiger partial charge on any atom is -0.352 e. The van der Waals surface area contributed by atoms with Gasteiger partial charge in [-0.15, -0.1) is 12.4 Å². The topological polar surface area (TPSA) is 92.5 Å². The van der Waals surface area contributed by atoms with E-state index >= 15 is 0 Å². The fourth-order valence-electron chi connectivity index (χ4n) is 2.82. The Morgan fingerprint density at radius 1 is 1.23 bits per heavy atom. The van der Waals surface area contributed by atoms with Gasteiger partial charge in [-0.3, -0.25) is 4.79 Å². The van der Waals surface area contributed by atoms with Gasteiger partial charge in [-0.05, 0) is 37.0 Å². The summed E-state index contributed by atoms with van der Waals surface area (Å²) in [5.74, 6) is -0.200. The highest BCUT2D eigenvalue weighted by molar-refractivity contribution is 7.89. The van der Waals surface area contributed by atoms with Gasteiger partial charge in [-0.2, -0.15) is 4.31 Å². The summed E-state index contributed by atoms with van der Waals surface area (Å²) >= 11 is 0. The molecule has 0 aliphatic carbocycles. The number of hydrogen-bond acceptors (Lipinski definition) is 4. The molecule has 0 aromatic heterocycles. The number of piperidine rings is 1. The Kier molecular flexibility index (Phi) is 5.11. The zero-order valence-electron chi connectivity index (χ0n) is 12.1. The van der Waals surface area contributed by atoms with E-state index in [1.165, 1.54) is 10.4 Å². The molecule has 0 bridgehead atoms. The van der Waals surface area contributed by atoms with Crippen LogP contribution < -0.4 is 11.1 Å². The van der Waals surface area contributed by atoms with Crippen LogP contribution >= 0.6 is 12.4 Å². The summed E-state index contributed by atoms with van der Waals surface area (Å²) < 4.78 is 26.7. The Bertz CT molecular complexity index is 670. The van der Waals surface area contributed by atoms with Crippen molar-refractivity contribution in [2.45, 2.75) is 30.2 Å². The van der Waals surface area contributed by atoms with Gasteiger partial charge in [0, 0.05) is 31.2 Å². The average Bonchev–Trinajstić information content (AvgIpc) is 2.48. The molecule has 1 saturated heterocycles. The van der Waals surface area contributed by atoms with Crippen molar-refractivity contribution in [3.8, 4) is 0 Å². The van der Waals surface area contributed by atoms with Gasteiger partial charge in [0.1, 0.15) is 0 Å². The van der Waals surface area contributed by atoms with E-state index in [0.717, 1.165) is 12.0 Å². The van der Waals surface area contributed by atoms with Crippen molar-refractivity contribution < 1.29 is 13.2 Å². The molecular formula is C14H20ClN3O3S. The second-order valence-electron chi connectivity index (χ2n) is 5.57. The number of sulfonamides is 1. The Hall–Kier alpha value is -1.15. The van der Waals surface area contributed by atoms with E-state index < -0.39 is 10.0 Å². The van der Waals surface area contributed by atoms with Gasteiger partial charge >= 0.3 is 0 Å². The molecule has 0 saturated carbocycles. The third-order valence-corrected chi connectivity index (χ3v) is 6.04. The predicted octanol–water partition coefficient (Wildman–Crippen LogP) is 0.506. The molecule has 1 aromatic rings. The lowest BCUT2D eigenvalue weighted by molar-refractivity contribution is 0.0945. The van der Waals surface area contributed by atoms with E-state index in [0.29, 0.717) is 38.0 Å². The molecule has 6 nitrogen and oxygen atoms in total. The smallest absolute Gasteiger partial charge is 0.251 e. The first-order valence-corrected chi connectivity index (χ1v) is 8.59. The zero-order valence-corrected chi connectivity index (χ0v) is 13.8. The maximum Gasteiger partial charge on any atom is 0.251 e. The van der Waals surface area contributed by atoms with Gasteiger partial charge in [-0.25, -0.2) is 8.42 Å². The van der Waals surface area contributed by atoms with Crippen LogP contribution in [0.1, 0.15) is 28.8 Å². The molecular weight excluding hydrogens is 326 g/mol. The summed E-state index contributed by atoms with van der Waals surface area (Å²) in [7, 11) is -3.54. The number of nitrogens with one attached hydrogen (secondary N) is 1. The van der Waals surface area contributed by atoms with Gasteiger partial charge in [0.05, 0.1) is 4.90 Å². The largest absolute Gasteiger partial charge is 0.352 e. The number of carbonyl (C=O) groups excluding carboxylic acids is 1. The summed E-state index contributed by atoms with van der Waals surface area (Å²) in [5, 5.41) is 2.74. The van der Waals surface area contributed by atoms with Crippen molar-refractivity contribution in [1.82, 2.24) is 9.62 Å². The molecule has 1 amide bonds. The number of amides is 1. The highest BCUT2D eigenvalue weighted by Crippen LogP contribution is 2.24. The second kappa shape index (κ2) is 6.54. The molecule has 0 radical (unpaired) electrons. The first-order chi connectivity index (χ1) is 9.98. The number of carbonyl (C=O) groups is 1. The molecule has 122 valence electrons. The zero-order chi connectivity index (χ0) is 15.0. The maximum atomic E-state index is 12.6. The Morgan fingerprint density at radius 2 is 1.91 bits per heavy atom. The van der Waals surface area contributed by atoms with E-state index in [9.17, 15) is 13.2 Å². The molecule has 22 heavy (non-hydrogen) atoms. The molecule has 0 unspecified atom stereocenters. The molecule has 8 heteroatoms. The number of nitrogens with two attached hydrogens (primary N) is 1. The number of rotatable bonds is 2. The highest BCUT2D eigenvalue weighted by Gasteiger charge is 2.29. The van der Waals surface area contributed by atoms with E-state index in [1.54, 1.807) is 12.1 Å². The molecule has 3 N–H and O–H groups in total. The van der Waals surface area contributed by atoms with Gasteiger partial charge in [0.25, 0.3) is 5.91 Å². The van der Waals surface area contributed by atoms with Crippen molar-refractivity contribution >= 4 is 28.3 Å². The van der Waals surface area contributed by atoms with Crippen LogP contribution in [-0.2, 0) is 16.4 Å². The standard InChI is InChI=1S/C14H19N3O3S.ClH/c15-11-4-7-17(8-5-11)21(19,20)12-2-1-10-3-6-16-14(18)13(10)9-12;/h1-2,9,11H,3-8,15H2,(H,16,18);1H. The first-order valence-electron chi connectivity index (χ1n) is 7.15. The molecule has 3 rings (SSSR count). The van der Waals surface area contributed by atoms with E-state index in [1.807, 2.05) is 0 Å². The number of halogens is 1. The van der Waals surface area contributed by atoms with Crippen LogP contribution in [-0.4, -0.2) is 44.3 Å². The fourth-order valence-corrected chi connectivity index (χ4v) is 4.31. The van der Waals surface area contributed by atoms with Crippen LogP contribution in [0.25, 0.3) is 0 Å². The molecule has 1 fully saturated rings. The second-order valence-corrected chi connectivity index (χ2v) is 7.50.